The van der Waals surface area contributed by atoms with E-state index in [0.29, 0.717) is 41.7 Å². The standard InChI is InChI=1S/C24H21N3O4/c1-15(28)25-17-8-6-16(7-9-17)23-26-20-5-3-2-4-19(20)24(29)27(23)18-10-11-21-22(14-18)31-13-12-30-21/h2-11,14,23,26H,12-13H2,1H3,(H,25,28)/t23-/m0/s1. The highest BCUT2D eigenvalue weighted by Gasteiger charge is 2.34. The van der Waals surface area contributed by atoms with Gasteiger partial charge in [-0.3, -0.25) is 14.5 Å². The Bertz CT molecular complexity index is 1160. The zero-order valence-corrected chi connectivity index (χ0v) is 16.9. The molecule has 0 saturated heterocycles. The lowest BCUT2D eigenvalue weighted by Crippen LogP contribution is -2.43. The molecule has 0 unspecified atom stereocenters. The van der Waals surface area contributed by atoms with E-state index in [1.54, 1.807) is 4.90 Å². The summed E-state index contributed by atoms with van der Waals surface area (Å²) < 4.78 is 11.4. The van der Waals surface area contributed by atoms with Gasteiger partial charge in [-0.25, -0.2) is 0 Å². The van der Waals surface area contributed by atoms with Gasteiger partial charge < -0.3 is 20.1 Å². The van der Waals surface area contributed by atoms with Crippen LogP contribution in [0.3, 0.4) is 0 Å². The molecular weight excluding hydrogens is 394 g/mol. The molecule has 3 aromatic rings. The van der Waals surface area contributed by atoms with Crippen LogP contribution < -0.4 is 25.0 Å². The van der Waals surface area contributed by atoms with Crippen LogP contribution >= 0.6 is 0 Å². The molecule has 31 heavy (non-hydrogen) atoms. The summed E-state index contributed by atoms with van der Waals surface area (Å²) in [5.41, 5.74) is 3.66. The van der Waals surface area contributed by atoms with Crippen LogP contribution in [-0.2, 0) is 4.79 Å². The van der Waals surface area contributed by atoms with Crippen LogP contribution in [0.25, 0.3) is 0 Å². The molecule has 3 aromatic carbocycles. The lowest BCUT2D eigenvalue weighted by Gasteiger charge is -2.38. The SMILES string of the molecule is CC(=O)Nc1ccc([C@H]2Nc3ccccc3C(=O)N2c2ccc3c(c2)OCCO3)cc1. The third-order valence-electron chi connectivity index (χ3n) is 5.28. The number of hydrogen-bond donors (Lipinski definition) is 2. The van der Waals surface area contributed by atoms with E-state index in [9.17, 15) is 9.59 Å². The molecule has 0 aromatic heterocycles. The number of fused-ring (bicyclic) bond motifs is 2. The first-order valence-corrected chi connectivity index (χ1v) is 10.1. The minimum absolute atomic E-state index is 0.109. The smallest absolute Gasteiger partial charge is 0.262 e. The predicted octanol–water partition coefficient (Wildman–Crippen LogP) is 4.19. The van der Waals surface area contributed by atoms with Gasteiger partial charge in [-0.1, -0.05) is 24.3 Å². The summed E-state index contributed by atoms with van der Waals surface area (Å²) in [7, 11) is 0. The van der Waals surface area contributed by atoms with Gasteiger partial charge in [0.25, 0.3) is 5.91 Å². The number of hydrogen-bond acceptors (Lipinski definition) is 5. The number of carbonyl (C=O) groups is 2. The normalized spacial score (nSPS) is 16.9. The van der Waals surface area contributed by atoms with Crippen molar-refractivity contribution < 1.29 is 19.1 Å². The second kappa shape index (κ2) is 7.68. The summed E-state index contributed by atoms with van der Waals surface area (Å²) in [6, 6.07) is 20.4. The summed E-state index contributed by atoms with van der Waals surface area (Å²) in [6.45, 7) is 2.45. The van der Waals surface area contributed by atoms with Gasteiger partial charge in [-0.15, -0.1) is 0 Å². The van der Waals surface area contributed by atoms with Crippen molar-refractivity contribution in [3.8, 4) is 11.5 Å². The Morgan fingerprint density at radius 3 is 2.52 bits per heavy atom. The van der Waals surface area contributed by atoms with Gasteiger partial charge in [0.2, 0.25) is 5.91 Å². The van der Waals surface area contributed by atoms with Crippen LogP contribution in [0.1, 0.15) is 29.0 Å². The molecule has 0 fully saturated rings. The Morgan fingerprint density at radius 1 is 1.00 bits per heavy atom. The van der Waals surface area contributed by atoms with Gasteiger partial charge in [0.1, 0.15) is 19.4 Å². The third kappa shape index (κ3) is 3.54. The fourth-order valence-corrected chi connectivity index (χ4v) is 3.89. The maximum absolute atomic E-state index is 13.5. The maximum atomic E-state index is 13.5. The van der Waals surface area contributed by atoms with Gasteiger partial charge in [-0.2, -0.15) is 0 Å². The highest BCUT2D eigenvalue weighted by Crippen LogP contribution is 2.40. The first-order valence-electron chi connectivity index (χ1n) is 10.1. The molecule has 2 amide bonds. The van der Waals surface area contributed by atoms with E-state index in [1.165, 1.54) is 6.92 Å². The van der Waals surface area contributed by atoms with Crippen molar-refractivity contribution in [3.05, 3.63) is 77.9 Å². The van der Waals surface area contributed by atoms with E-state index in [4.69, 9.17) is 9.47 Å². The number of rotatable bonds is 3. The quantitative estimate of drug-likeness (QED) is 0.671. The van der Waals surface area contributed by atoms with Crippen LogP contribution in [0.5, 0.6) is 11.5 Å². The van der Waals surface area contributed by atoms with E-state index >= 15 is 0 Å². The van der Waals surface area contributed by atoms with E-state index in [1.807, 2.05) is 66.7 Å². The molecule has 2 N–H and O–H groups in total. The average molecular weight is 415 g/mol. The van der Waals surface area contributed by atoms with Gasteiger partial charge in [0.05, 0.1) is 11.3 Å². The number of benzene rings is 3. The topological polar surface area (TPSA) is 79.9 Å². The first kappa shape index (κ1) is 19.0. The molecule has 0 radical (unpaired) electrons. The number of ether oxygens (including phenoxy) is 2. The van der Waals surface area contributed by atoms with Crippen molar-refractivity contribution in [1.82, 2.24) is 0 Å². The third-order valence-corrected chi connectivity index (χ3v) is 5.28. The Balaban J connectivity index is 1.57. The van der Waals surface area contributed by atoms with E-state index in [0.717, 1.165) is 11.3 Å². The fourth-order valence-electron chi connectivity index (χ4n) is 3.89. The van der Waals surface area contributed by atoms with Crippen LogP contribution in [-0.4, -0.2) is 25.0 Å². The van der Waals surface area contributed by atoms with Crippen molar-refractivity contribution >= 4 is 28.9 Å². The second-order valence-corrected chi connectivity index (χ2v) is 7.40. The number of para-hydroxylation sites is 1. The molecule has 0 spiro atoms. The summed E-state index contributed by atoms with van der Waals surface area (Å²) in [5, 5.41) is 6.24. The maximum Gasteiger partial charge on any atom is 0.262 e. The van der Waals surface area contributed by atoms with Crippen molar-refractivity contribution in [2.75, 3.05) is 28.7 Å². The molecule has 0 bridgehead atoms. The zero-order chi connectivity index (χ0) is 21.4. The molecule has 156 valence electrons. The van der Waals surface area contributed by atoms with Crippen molar-refractivity contribution in [1.29, 1.82) is 0 Å². The number of anilines is 3. The average Bonchev–Trinajstić information content (AvgIpc) is 2.79. The Kier molecular flexibility index (Phi) is 4.71. The Labute approximate surface area is 179 Å². The zero-order valence-electron chi connectivity index (χ0n) is 16.9. The van der Waals surface area contributed by atoms with Crippen LogP contribution in [0.2, 0.25) is 0 Å². The van der Waals surface area contributed by atoms with Gasteiger partial charge in [0, 0.05) is 24.4 Å². The Hall–Kier alpha value is -4.00. The lowest BCUT2D eigenvalue weighted by atomic mass is 10.0. The number of nitrogens with one attached hydrogen (secondary N) is 2. The van der Waals surface area contributed by atoms with Crippen molar-refractivity contribution in [2.24, 2.45) is 0 Å². The van der Waals surface area contributed by atoms with Crippen LogP contribution in [0.4, 0.5) is 17.1 Å². The summed E-state index contributed by atoms with van der Waals surface area (Å²) in [4.78, 5) is 26.6. The van der Waals surface area contributed by atoms with Crippen molar-refractivity contribution in [3.63, 3.8) is 0 Å². The second-order valence-electron chi connectivity index (χ2n) is 7.40. The van der Waals surface area contributed by atoms with Crippen molar-refractivity contribution in [2.45, 2.75) is 13.1 Å². The minimum Gasteiger partial charge on any atom is -0.486 e. The lowest BCUT2D eigenvalue weighted by molar-refractivity contribution is -0.114. The number of amides is 2. The molecule has 1 atom stereocenters. The minimum atomic E-state index is -0.434. The predicted molar refractivity (Wildman–Crippen MR) is 118 cm³/mol. The fraction of sp³-hybridized carbons (Fsp3) is 0.167. The largest absolute Gasteiger partial charge is 0.486 e. The van der Waals surface area contributed by atoms with E-state index in [-0.39, 0.29) is 11.8 Å². The highest BCUT2D eigenvalue weighted by molar-refractivity contribution is 6.12. The Morgan fingerprint density at radius 2 is 1.74 bits per heavy atom. The van der Waals surface area contributed by atoms with Crippen LogP contribution in [0.15, 0.2) is 66.7 Å². The summed E-state index contributed by atoms with van der Waals surface area (Å²) in [5.74, 6) is 1.05. The van der Waals surface area contributed by atoms with E-state index < -0.39 is 6.17 Å². The molecule has 7 nitrogen and oxygen atoms in total. The van der Waals surface area contributed by atoms with Crippen LogP contribution in [0, 0.1) is 0 Å². The molecule has 5 rings (SSSR count). The molecule has 2 aliphatic rings. The van der Waals surface area contributed by atoms with Gasteiger partial charge in [0.15, 0.2) is 11.5 Å². The number of nitrogens with zero attached hydrogens (tertiary/aromatic N) is 1. The molecule has 0 saturated carbocycles. The van der Waals surface area contributed by atoms with Gasteiger partial charge >= 0.3 is 0 Å². The first-order chi connectivity index (χ1) is 15.1. The summed E-state index contributed by atoms with van der Waals surface area (Å²) in [6.07, 6.45) is -0.434. The molecule has 2 heterocycles. The summed E-state index contributed by atoms with van der Waals surface area (Å²) >= 11 is 0. The molecule has 7 heteroatoms. The van der Waals surface area contributed by atoms with E-state index in [2.05, 4.69) is 10.6 Å². The van der Waals surface area contributed by atoms with Gasteiger partial charge in [-0.05, 0) is 42.0 Å². The molecule has 0 aliphatic carbocycles. The monoisotopic (exact) mass is 415 g/mol. The molecule has 2 aliphatic heterocycles. The number of carbonyl (C=O) groups excluding carboxylic acids is 2. The highest BCUT2D eigenvalue weighted by atomic mass is 16.6. The molecular formula is C24H21N3O4.